The molecule has 0 aliphatic rings. The molecule has 0 bridgehead atoms. The largest absolute Gasteiger partial charge is 0.497 e. The third kappa shape index (κ3) is 5.11. The summed E-state index contributed by atoms with van der Waals surface area (Å²) >= 11 is 1.53. The highest BCUT2D eigenvalue weighted by molar-refractivity contribution is 7.83. The lowest BCUT2D eigenvalue weighted by atomic mass is 10.2. The number of methoxy groups -OCH3 is 2. The van der Waals surface area contributed by atoms with Gasteiger partial charge >= 0.3 is 0 Å². The fraction of sp³-hybridized carbons (Fsp3) is 0.286. The summed E-state index contributed by atoms with van der Waals surface area (Å²) < 4.78 is 28.7. The van der Waals surface area contributed by atoms with Gasteiger partial charge in [-0.05, 0) is 42.8 Å². The van der Waals surface area contributed by atoms with Gasteiger partial charge in [0.15, 0.2) is 11.5 Å². The van der Waals surface area contributed by atoms with Crippen molar-refractivity contribution < 1.29 is 18.4 Å². The van der Waals surface area contributed by atoms with Gasteiger partial charge in [-0.2, -0.15) is 0 Å². The van der Waals surface area contributed by atoms with Gasteiger partial charge in [-0.25, -0.2) is 4.98 Å². The Labute approximate surface area is 171 Å². The van der Waals surface area contributed by atoms with Crippen LogP contribution in [-0.2, 0) is 22.3 Å². The van der Waals surface area contributed by atoms with Gasteiger partial charge in [-0.1, -0.05) is 12.1 Å². The van der Waals surface area contributed by atoms with Crippen molar-refractivity contribution in [2.24, 2.45) is 0 Å². The van der Waals surface area contributed by atoms with Crippen molar-refractivity contribution in [3.05, 3.63) is 59.1 Å². The molecular weight excluding hydrogens is 394 g/mol. The van der Waals surface area contributed by atoms with Crippen LogP contribution in [-0.4, -0.2) is 30.0 Å². The molecule has 0 saturated carbocycles. The monoisotopic (exact) mass is 417 g/mol. The highest BCUT2D eigenvalue weighted by Gasteiger charge is 2.12. The Kier molecular flexibility index (Phi) is 7.06. The first-order valence-corrected chi connectivity index (χ1v) is 11.2. The summed E-state index contributed by atoms with van der Waals surface area (Å²) in [4.78, 5) is 4.65. The van der Waals surface area contributed by atoms with Gasteiger partial charge in [0.2, 0.25) is 0 Å². The minimum Gasteiger partial charge on any atom is -0.497 e. The molecule has 0 aliphatic heterocycles. The predicted molar refractivity (Wildman–Crippen MR) is 114 cm³/mol. The van der Waals surface area contributed by atoms with Crippen molar-refractivity contribution in [3.8, 4) is 27.8 Å². The van der Waals surface area contributed by atoms with E-state index in [0.29, 0.717) is 29.6 Å². The van der Waals surface area contributed by atoms with E-state index in [1.165, 1.54) is 11.3 Å². The zero-order valence-corrected chi connectivity index (χ0v) is 17.8. The second-order valence-corrected chi connectivity index (χ2v) is 8.34. The van der Waals surface area contributed by atoms with Crippen molar-refractivity contribution in [3.63, 3.8) is 0 Å². The Balaban J connectivity index is 1.69. The maximum absolute atomic E-state index is 12.5. The average Bonchev–Trinajstić information content (AvgIpc) is 3.16. The van der Waals surface area contributed by atoms with Crippen LogP contribution < -0.4 is 14.2 Å². The van der Waals surface area contributed by atoms with Crippen LogP contribution in [0.3, 0.4) is 0 Å². The van der Waals surface area contributed by atoms with E-state index in [2.05, 4.69) is 4.98 Å². The first-order valence-electron chi connectivity index (χ1n) is 8.86. The van der Waals surface area contributed by atoms with Gasteiger partial charge in [0.25, 0.3) is 0 Å². The molecule has 0 spiro atoms. The van der Waals surface area contributed by atoms with Crippen molar-refractivity contribution in [2.45, 2.75) is 18.4 Å². The maximum Gasteiger partial charge on any atom is 0.161 e. The minimum atomic E-state index is -1.04. The molecule has 7 heteroatoms. The molecule has 0 aliphatic carbocycles. The van der Waals surface area contributed by atoms with Crippen LogP contribution in [0.5, 0.6) is 17.2 Å². The second-order valence-electron chi connectivity index (χ2n) is 6.02. The van der Waals surface area contributed by atoms with E-state index in [9.17, 15) is 4.21 Å². The molecule has 3 rings (SSSR count). The summed E-state index contributed by atoms with van der Waals surface area (Å²) in [6, 6.07) is 13.4. The van der Waals surface area contributed by atoms with E-state index in [1.807, 2.05) is 54.8 Å². The molecule has 1 heterocycles. The minimum absolute atomic E-state index is 0.419. The molecule has 0 N–H and O–H groups in total. The number of hydrogen-bond acceptors (Lipinski definition) is 6. The van der Waals surface area contributed by atoms with Crippen molar-refractivity contribution in [1.29, 1.82) is 0 Å². The Hall–Kier alpha value is -2.38. The number of ether oxygens (including phenoxy) is 3. The summed E-state index contributed by atoms with van der Waals surface area (Å²) in [6.45, 7) is 2.52. The fourth-order valence-corrected chi connectivity index (χ4v) is 4.80. The van der Waals surface area contributed by atoms with Crippen molar-refractivity contribution >= 4 is 22.1 Å². The molecule has 1 atom stereocenters. The fourth-order valence-electron chi connectivity index (χ4n) is 2.75. The second kappa shape index (κ2) is 9.71. The topological polar surface area (TPSA) is 57.7 Å². The molecule has 2 aromatic carbocycles. The SMILES string of the molecule is CCOc1ccc(-c2nc(C[S@@](=O)Cc3cccc(OC)c3)cs2)cc1OC. The van der Waals surface area contributed by atoms with Gasteiger partial charge in [-0.3, -0.25) is 4.21 Å². The van der Waals surface area contributed by atoms with Crippen LogP contribution in [0, 0.1) is 0 Å². The summed E-state index contributed by atoms with van der Waals surface area (Å²) in [5, 5.41) is 2.83. The average molecular weight is 418 g/mol. The zero-order chi connectivity index (χ0) is 19.9. The number of aromatic nitrogens is 1. The Morgan fingerprint density at radius 1 is 1.04 bits per heavy atom. The lowest BCUT2D eigenvalue weighted by Crippen LogP contribution is -2.00. The van der Waals surface area contributed by atoms with Crippen LogP contribution in [0.25, 0.3) is 10.6 Å². The lowest BCUT2D eigenvalue weighted by molar-refractivity contribution is 0.311. The molecule has 0 unspecified atom stereocenters. The quantitative estimate of drug-likeness (QED) is 0.506. The molecule has 1 aromatic heterocycles. The molecule has 0 amide bonds. The molecule has 0 radical (unpaired) electrons. The van der Waals surface area contributed by atoms with Crippen molar-refractivity contribution in [2.75, 3.05) is 20.8 Å². The summed E-state index contributed by atoms with van der Waals surface area (Å²) in [5.41, 5.74) is 2.77. The highest BCUT2D eigenvalue weighted by atomic mass is 32.2. The molecule has 0 fully saturated rings. The third-order valence-corrected chi connectivity index (χ3v) is 6.25. The number of nitrogens with zero attached hydrogens (tertiary/aromatic N) is 1. The van der Waals surface area contributed by atoms with E-state index in [0.717, 1.165) is 27.6 Å². The van der Waals surface area contributed by atoms with Gasteiger partial charge in [0, 0.05) is 27.5 Å². The number of thiazole rings is 1. The van der Waals surface area contributed by atoms with Crippen LogP contribution in [0.15, 0.2) is 47.8 Å². The molecule has 0 saturated heterocycles. The first-order chi connectivity index (χ1) is 13.6. The van der Waals surface area contributed by atoms with Gasteiger partial charge in [0.05, 0.1) is 32.3 Å². The standard InChI is InChI=1S/C21H23NO4S2/c1-4-26-19-9-8-16(11-20(19)25-3)21-22-17(12-27-21)14-28(23)13-15-6-5-7-18(10-15)24-2/h5-12H,4,13-14H2,1-3H3/t28-/m0/s1. The summed E-state index contributed by atoms with van der Waals surface area (Å²) in [6.07, 6.45) is 0. The Morgan fingerprint density at radius 2 is 1.89 bits per heavy atom. The van der Waals surface area contributed by atoms with Crippen LogP contribution >= 0.6 is 11.3 Å². The Morgan fingerprint density at radius 3 is 2.64 bits per heavy atom. The molecular formula is C21H23NO4S2. The smallest absolute Gasteiger partial charge is 0.161 e. The first kappa shape index (κ1) is 20.4. The number of benzene rings is 2. The van der Waals surface area contributed by atoms with E-state index in [1.54, 1.807) is 14.2 Å². The molecule has 28 heavy (non-hydrogen) atoms. The van der Waals surface area contributed by atoms with Gasteiger partial charge < -0.3 is 14.2 Å². The van der Waals surface area contributed by atoms with E-state index in [4.69, 9.17) is 14.2 Å². The van der Waals surface area contributed by atoms with E-state index >= 15 is 0 Å². The molecule has 148 valence electrons. The van der Waals surface area contributed by atoms with Gasteiger partial charge in [0.1, 0.15) is 10.8 Å². The van der Waals surface area contributed by atoms with Crippen LogP contribution in [0.1, 0.15) is 18.2 Å². The van der Waals surface area contributed by atoms with Crippen LogP contribution in [0.4, 0.5) is 0 Å². The molecule has 3 aromatic rings. The highest BCUT2D eigenvalue weighted by Crippen LogP contribution is 2.34. The van der Waals surface area contributed by atoms with E-state index < -0.39 is 10.8 Å². The van der Waals surface area contributed by atoms with Gasteiger partial charge in [-0.15, -0.1) is 11.3 Å². The van der Waals surface area contributed by atoms with Crippen molar-refractivity contribution in [1.82, 2.24) is 4.98 Å². The van der Waals surface area contributed by atoms with Crippen LogP contribution in [0.2, 0.25) is 0 Å². The molecule has 5 nitrogen and oxygen atoms in total. The van der Waals surface area contributed by atoms with E-state index in [-0.39, 0.29) is 0 Å². The Bertz CT molecular complexity index is 955. The predicted octanol–water partition coefficient (Wildman–Crippen LogP) is 4.67. The number of hydrogen-bond donors (Lipinski definition) is 0. The maximum atomic E-state index is 12.5. The normalized spacial score (nSPS) is 11.8. The number of rotatable bonds is 9. The zero-order valence-electron chi connectivity index (χ0n) is 16.1. The lowest BCUT2D eigenvalue weighted by Gasteiger charge is -2.09. The third-order valence-electron chi connectivity index (χ3n) is 4.03. The summed E-state index contributed by atoms with van der Waals surface area (Å²) in [5.74, 6) is 3.06. The summed E-state index contributed by atoms with van der Waals surface area (Å²) in [7, 11) is 2.21.